The van der Waals surface area contributed by atoms with E-state index in [1.54, 1.807) is 17.0 Å². The van der Waals surface area contributed by atoms with Crippen molar-refractivity contribution in [2.45, 2.75) is 18.6 Å². The van der Waals surface area contributed by atoms with E-state index in [0.717, 1.165) is 30.6 Å². The molecule has 0 N–H and O–H groups in total. The quantitative estimate of drug-likeness (QED) is 0.815. The van der Waals surface area contributed by atoms with E-state index >= 15 is 0 Å². The van der Waals surface area contributed by atoms with Crippen molar-refractivity contribution in [3.63, 3.8) is 0 Å². The Kier molecular flexibility index (Phi) is 5.59. The number of hydrogen-bond donors (Lipinski definition) is 0. The molecule has 5 nitrogen and oxygen atoms in total. The van der Waals surface area contributed by atoms with Crippen molar-refractivity contribution < 1.29 is 18.7 Å². The monoisotopic (exact) mass is 384 g/mol. The summed E-state index contributed by atoms with van der Waals surface area (Å²) >= 11 is 0. The fraction of sp³-hybridized carbons (Fsp3) is 0.409. The van der Waals surface area contributed by atoms with Crippen LogP contribution in [0.1, 0.15) is 22.7 Å². The van der Waals surface area contributed by atoms with Gasteiger partial charge in [0.1, 0.15) is 18.5 Å². The molecule has 0 aromatic heterocycles. The smallest absolute Gasteiger partial charge is 0.410 e. The number of morpholine rings is 1. The lowest BCUT2D eigenvalue weighted by Crippen LogP contribution is -2.45. The molecule has 4 rings (SSSR count). The highest BCUT2D eigenvalue weighted by Gasteiger charge is 2.33. The summed E-state index contributed by atoms with van der Waals surface area (Å²) < 4.78 is 24.7. The molecule has 0 saturated carbocycles. The van der Waals surface area contributed by atoms with E-state index in [-0.39, 0.29) is 30.7 Å². The van der Waals surface area contributed by atoms with Gasteiger partial charge in [0.15, 0.2) is 0 Å². The van der Waals surface area contributed by atoms with E-state index in [1.807, 2.05) is 25.2 Å². The maximum absolute atomic E-state index is 13.4. The summed E-state index contributed by atoms with van der Waals surface area (Å²) in [5, 5.41) is 0. The zero-order valence-corrected chi connectivity index (χ0v) is 16.0. The lowest BCUT2D eigenvalue weighted by Gasteiger charge is -2.37. The molecule has 6 heteroatoms. The summed E-state index contributed by atoms with van der Waals surface area (Å²) in [6, 6.07) is 14.1. The maximum Gasteiger partial charge on any atom is 0.410 e. The van der Waals surface area contributed by atoms with E-state index in [1.165, 1.54) is 17.7 Å². The summed E-state index contributed by atoms with van der Waals surface area (Å²) in [6.07, 6.45) is 0.302. The average Bonchev–Trinajstić information content (AvgIpc) is 2.72. The number of carbonyl (C=O) groups is 1. The Morgan fingerprint density at radius 1 is 1.18 bits per heavy atom. The number of fused-ring (bicyclic) bond motifs is 1. The first kappa shape index (κ1) is 18.9. The van der Waals surface area contributed by atoms with Crippen LogP contribution in [-0.4, -0.2) is 61.9 Å². The van der Waals surface area contributed by atoms with Crippen molar-refractivity contribution in [2.75, 3.05) is 39.9 Å². The highest BCUT2D eigenvalue weighted by atomic mass is 19.1. The molecule has 0 aliphatic carbocycles. The van der Waals surface area contributed by atoms with E-state index < -0.39 is 0 Å². The molecule has 148 valence electrons. The van der Waals surface area contributed by atoms with Crippen LogP contribution in [0.15, 0.2) is 48.5 Å². The molecule has 0 radical (unpaired) electrons. The summed E-state index contributed by atoms with van der Waals surface area (Å²) in [4.78, 5) is 16.8. The zero-order chi connectivity index (χ0) is 19.5. The highest BCUT2D eigenvalue weighted by molar-refractivity contribution is 5.70. The second kappa shape index (κ2) is 8.29. The minimum Gasteiger partial charge on any atom is -0.447 e. The van der Waals surface area contributed by atoms with Gasteiger partial charge >= 0.3 is 6.09 Å². The van der Waals surface area contributed by atoms with E-state index in [9.17, 15) is 9.18 Å². The van der Waals surface area contributed by atoms with E-state index in [4.69, 9.17) is 9.47 Å². The van der Waals surface area contributed by atoms with Crippen LogP contribution in [0.2, 0.25) is 0 Å². The molecule has 2 aromatic carbocycles. The van der Waals surface area contributed by atoms with Crippen molar-refractivity contribution in [3.05, 3.63) is 71.0 Å². The number of amides is 1. The van der Waals surface area contributed by atoms with Crippen LogP contribution in [0.5, 0.6) is 0 Å². The number of benzene rings is 2. The third kappa shape index (κ3) is 4.03. The Morgan fingerprint density at radius 2 is 1.96 bits per heavy atom. The summed E-state index contributed by atoms with van der Waals surface area (Å²) in [5.74, 6) is -0.291. The van der Waals surface area contributed by atoms with Crippen molar-refractivity contribution in [1.29, 1.82) is 0 Å². The number of ether oxygens (including phenoxy) is 2. The molecule has 2 aliphatic heterocycles. The molecule has 1 fully saturated rings. The number of nitrogens with zero attached hydrogens (tertiary/aromatic N) is 2. The molecule has 0 unspecified atom stereocenters. The number of hydrogen-bond acceptors (Lipinski definition) is 4. The van der Waals surface area contributed by atoms with Gasteiger partial charge in [0.25, 0.3) is 0 Å². The fourth-order valence-corrected chi connectivity index (χ4v) is 3.98. The van der Waals surface area contributed by atoms with Gasteiger partial charge in [-0.2, -0.15) is 0 Å². The first-order valence-electron chi connectivity index (χ1n) is 9.68. The number of likely N-dealkylation sites (N-methyl/N-ethyl adjacent to an activating group) is 1. The highest BCUT2D eigenvalue weighted by Crippen LogP contribution is 2.35. The molecule has 28 heavy (non-hydrogen) atoms. The second-order valence-electron chi connectivity index (χ2n) is 7.43. The average molecular weight is 384 g/mol. The third-order valence-electron chi connectivity index (χ3n) is 5.44. The Morgan fingerprint density at radius 3 is 2.75 bits per heavy atom. The normalized spacial score (nSPS) is 22.6. The number of halogens is 1. The van der Waals surface area contributed by atoms with Crippen LogP contribution in [-0.2, 0) is 15.9 Å². The van der Waals surface area contributed by atoms with Crippen LogP contribution in [0.25, 0.3) is 0 Å². The summed E-state index contributed by atoms with van der Waals surface area (Å²) in [6.45, 7) is 3.08. The summed E-state index contributed by atoms with van der Waals surface area (Å²) in [5.41, 5.74) is 3.14. The van der Waals surface area contributed by atoms with E-state index in [2.05, 4.69) is 11.0 Å². The SMILES string of the molecule is CN1CCO[C@H](COC(=O)N2CCc3ccccc3[C@@H]2c2ccc(F)cc2)C1. The Hall–Kier alpha value is -2.44. The summed E-state index contributed by atoms with van der Waals surface area (Å²) in [7, 11) is 2.03. The lowest BCUT2D eigenvalue weighted by molar-refractivity contribution is -0.0532. The third-order valence-corrected chi connectivity index (χ3v) is 5.44. The molecular formula is C22H25FN2O3. The van der Waals surface area contributed by atoms with Crippen LogP contribution in [0.4, 0.5) is 9.18 Å². The van der Waals surface area contributed by atoms with Crippen LogP contribution >= 0.6 is 0 Å². The Balaban J connectivity index is 1.54. The number of carbonyl (C=O) groups excluding carboxylic acids is 1. The first-order chi connectivity index (χ1) is 13.6. The first-order valence-corrected chi connectivity index (χ1v) is 9.68. The molecular weight excluding hydrogens is 359 g/mol. The Labute approximate surface area is 164 Å². The van der Waals surface area contributed by atoms with Gasteiger partial charge in [-0.15, -0.1) is 0 Å². The fourth-order valence-electron chi connectivity index (χ4n) is 3.98. The van der Waals surface area contributed by atoms with Crippen LogP contribution in [0.3, 0.4) is 0 Å². The molecule has 1 amide bonds. The molecule has 2 atom stereocenters. The van der Waals surface area contributed by atoms with Gasteiger partial charge < -0.3 is 14.4 Å². The van der Waals surface area contributed by atoms with Crippen molar-refractivity contribution in [1.82, 2.24) is 9.80 Å². The van der Waals surface area contributed by atoms with Crippen LogP contribution in [0, 0.1) is 5.82 Å². The van der Waals surface area contributed by atoms with Crippen LogP contribution < -0.4 is 0 Å². The molecule has 2 heterocycles. The molecule has 0 bridgehead atoms. The van der Waals surface area contributed by atoms with Crippen molar-refractivity contribution in [2.24, 2.45) is 0 Å². The largest absolute Gasteiger partial charge is 0.447 e. The second-order valence-corrected chi connectivity index (χ2v) is 7.43. The van der Waals surface area contributed by atoms with Gasteiger partial charge in [-0.3, -0.25) is 4.90 Å². The number of rotatable bonds is 3. The maximum atomic E-state index is 13.4. The van der Waals surface area contributed by atoms with E-state index in [0.29, 0.717) is 13.2 Å². The topological polar surface area (TPSA) is 42.0 Å². The van der Waals surface area contributed by atoms with Gasteiger partial charge in [0.05, 0.1) is 12.6 Å². The van der Waals surface area contributed by atoms with Crippen molar-refractivity contribution >= 4 is 6.09 Å². The predicted octanol–water partition coefficient (Wildman–Crippen LogP) is 3.24. The minimum atomic E-state index is -0.361. The zero-order valence-electron chi connectivity index (χ0n) is 16.0. The predicted molar refractivity (Wildman–Crippen MR) is 104 cm³/mol. The van der Waals surface area contributed by atoms with Gasteiger partial charge in [0, 0.05) is 19.6 Å². The van der Waals surface area contributed by atoms with Gasteiger partial charge in [0.2, 0.25) is 0 Å². The molecule has 0 spiro atoms. The van der Waals surface area contributed by atoms with Gasteiger partial charge in [-0.25, -0.2) is 9.18 Å². The Bertz CT molecular complexity index is 827. The lowest BCUT2D eigenvalue weighted by atomic mass is 9.88. The standard InChI is InChI=1S/C22H25FN2O3/c1-24-12-13-27-19(14-24)15-28-22(26)25-11-10-16-4-2-3-5-20(16)21(25)17-6-8-18(23)9-7-17/h2-9,19,21H,10-15H2,1H3/t19-,21-/m0/s1. The van der Waals surface area contributed by atoms with Gasteiger partial charge in [-0.1, -0.05) is 36.4 Å². The molecule has 2 aromatic rings. The molecule has 1 saturated heterocycles. The molecule has 2 aliphatic rings. The minimum absolute atomic E-state index is 0.107. The van der Waals surface area contributed by atoms with Crippen molar-refractivity contribution in [3.8, 4) is 0 Å². The van der Waals surface area contributed by atoms with Gasteiger partial charge in [-0.05, 0) is 42.3 Å².